The molecule has 1 N–H and O–H groups in total. The maximum Gasteiger partial charge on any atom is 0.305 e. The minimum Gasteiger partial charge on any atom is -0.481 e. The van der Waals surface area contributed by atoms with Gasteiger partial charge in [-0.2, -0.15) is 0 Å². The fourth-order valence-corrected chi connectivity index (χ4v) is 2.23. The Morgan fingerprint density at radius 1 is 0.950 bits per heavy atom. The van der Waals surface area contributed by atoms with Crippen LogP contribution < -0.4 is 0 Å². The van der Waals surface area contributed by atoms with Gasteiger partial charge >= 0.3 is 5.97 Å². The predicted octanol–water partition coefficient (Wildman–Crippen LogP) is 3.84. The van der Waals surface area contributed by atoms with Crippen molar-refractivity contribution in [1.82, 2.24) is 4.90 Å². The van der Waals surface area contributed by atoms with Crippen molar-refractivity contribution in [2.75, 3.05) is 6.54 Å². The largest absolute Gasteiger partial charge is 0.481 e. The Labute approximate surface area is 123 Å². The summed E-state index contributed by atoms with van der Waals surface area (Å²) in [5, 5.41) is 8.77. The smallest absolute Gasteiger partial charge is 0.305 e. The third kappa shape index (κ3) is 8.94. The topological polar surface area (TPSA) is 57.6 Å². The molecule has 0 aromatic heterocycles. The first-order chi connectivity index (χ1) is 9.29. The van der Waals surface area contributed by atoms with Crippen molar-refractivity contribution < 1.29 is 14.7 Å². The fraction of sp³-hybridized carbons (Fsp3) is 0.875. The Hall–Kier alpha value is -1.06. The average Bonchev–Trinajstić information content (AvgIpc) is 2.31. The minimum absolute atomic E-state index is 0.0134. The van der Waals surface area contributed by atoms with Crippen molar-refractivity contribution in [3.63, 3.8) is 0 Å². The Morgan fingerprint density at radius 3 is 2.00 bits per heavy atom. The molecular weight excluding hydrogens is 254 g/mol. The van der Waals surface area contributed by atoms with Crippen molar-refractivity contribution in [2.24, 2.45) is 0 Å². The summed E-state index contributed by atoms with van der Waals surface area (Å²) in [7, 11) is 0. The fourth-order valence-electron chi connectivity index (χ4n) is 2.23. The number of carboxylic acid groups (broad SMARTS) is 1. The molecule has 0 aliphatic carbocycles. The lowest BCUT2D eigenvalue weighted by atomic mass is 10.0. The van der Waals surface area contributed by atoms with Gasteiger partial charge in [-0.25, -0.2) is 0 Å². The highest BCUT2D eigenvalue weighted by Gasteiger charge is 2.26. The Morgan fingerprint density at radius 2 is 1.50 bits per heavy atom. The third-order valence-corrected chi connectivity index (χ3v) is 3.40. The molecule has 0 spiro atoms. The van der Waals surface area contributed by atoms with E-state index in [-0.39, 0.29) is 17.9 Å². The molecule has 4 heteroatoms. The number of rotatable bonds is 10. The lowest BCUT2D eigenvalue weighted by molar-refractivity contribution is -0.140. The average molecular weight is 285 g/mol. The van der Waals surface area contributed by atoms with E-state index < -0.39 is 5.97 Å². The molecule has 0 heterocycles. The second-order valence-electron chi connectivity index (χ2n) is 6.38. The van der Waals surface area contributed by atoms with Gasteiger partial charge in [-0.15, -0.1) is 0 Å². The number of amides is 1. The van der Waals surface area contributed by atoms with E-state index >= 15 is 0 Å². The molecule has 0 aliphatic heterocycles. The summed E-state index contributed by atoms with van der Waals surface area (Å²) >= 11 is 0. The Balaban J connectivity index is 4.11. The van der Waals surface area contributed by atoms with E-state index in [0.717, 1.165) is 12.8 Å². The SMILES string of the molecule is CCCCCCCCC(=O)N(CCC(=O)O)C(C)(C)C. The normalized spacial score (nSPS) is 11.4. The Bertz CT molecular complexity index is 295. The molecule has 0 bridgehead atoms. The van der Waals surface area contributed by atoms with Crippen LogP contribution in [0, 0.1) is 0 Å². The zero-order chi connectivity index (χ0) is 15.6. The summed E-state index contributed by atoms with van der Waals surface area (Å²) in [4.78, 5) is 24.6. The molecule has 0 saturated heterocycles. The van der Waals surface area contributed by atoms with Gasteiger partial charge in [0, 0.05) is 18.5 Å². The first-order valence-electron chi connectivity index (χ1n) is 7.81. The van der Waals surface area contributed by atoms with Gasteiger partial charge in [0.05, 0.1) is 6.42 Å². The molecule has 0 aliphatic rings. The van der Waals surface area contributed by atoms with E-state index in [0.29, 0.717) is 13.0 Å². The van der Waals surface area contributed by atoms with Gasteiger partial charge in [0.25, 0.3) is 0 Å². The molecule has 20 heavy (non-hydrogen) atoms. The first-order valence-corrected chi connectivity index (χ1v) is 7.81. The van der Waals surface area contributed by atoms with Gasteiger partial charge in [-0.3, -0.25) is 9.59 Å². The number of hydrogen-bond acceptors (Lipinski definition) is 2. The number of aliphatic carboxylic acids is 1. The third-order valence-electron chi connectivity index (χ3n) is 3.40. The van der Waals surface area contributed by atoms with Crippen LogP contribution in [0.1, 0.15) is 79.1 Å². The monoisotopic (exact) mass is 285 g/mol. The van der Waals surface area contributed by atoms with Crippen LogP contribution in [0.2, 0.25) is 0 Å². The predicted molar refractivity (Wildman–Crippen MR) is 81.7 cm³/mol. The number of carboxylic acids is 1. The molecule has 118 valence electrons. The van der Waals surface area contributed by atoms with Gasteiger partial charge in [0.1, 0.15) is 0 Å². The maximum absolute atomic E-state index is 12.2. The molecular formula is C16H31NO3. The van der Waals surface area contributed by atoms with Crippen molar-refractivity contribution in [3.05, 3.63) is 0 Å². The molecule has 0 unspecified atom stereocenters. The molecule has 0 saturated carbocycles. The lowest BCUT2D eigenvalue weighted by Gasteiger charge is -2.35. The number of carbonyl (C=O) groups excluding carboxylic acids is 1. The summed E-state index contributed by atoms with van der Waals surface area (Å²) < 4.78 is 0. The molecule has 4 nitrogen and oxygen atoms in total. The Kier molecular flexibility index (Phi) is 9.26. The van der Waals surface area contributed by atoms with Crippen LogP contribution in [0.25, 0.3) is 0 Å². The van der Waals surface area contributed by atoms with Crippen molar-refractivity contribution in [2.45, 2.75) is 84.6 Å². The van der Waals surface area contributed by atoms with Crippen LogP contribution in [-0.2, 0) is 9.59 Å². The first kappa shape index (κ1) is 18.9. The van der Waals surface area contributed by atoms with E-state index in [1.807, 2.05) is 20.8 Å². The molecule has 0 aromatic carbocycles. The van der Waals surface area contributed by atoms with Gasteiger partial charge < -0.3 is 10.0 Å². The summed E-state index contributed by atoms with van der Waals surface area (Å²) in [5.41, 5.74) is -0.311. The van der Waals surface area contributed by atoms with Gasteiger partial charge in [0.15, 0.2) is 0 Å². The second kappa shape index (κ2) is 9.78. The zero-order valence-electron chi connectivity index (χ0n) is 13.6. The molecule has 0 rings (SSSR count). The number of unbranched alkanes of at least 4 members (excludes halogenated alkanes) is 5. The van der Waals surface area contributed by atoms with Gasteiger partial charge in [-0.1, -0.05) is 39.0 Å². The summed E-state index contributed by atoms with van der Waals surface area (Å²) in [6, 6.07) is 0. The van der Waals surface area contributed by atoms with Crippen LogP contribution in [0.5, 0.6) is 0 Å². The maximum atomic E-state index is 12.2. The molecule has 1 amide bonds. The van der Waals surface area contributed by atoms with Crippen LogP contribution in [0.4, 0.5) is 0 Å². The van der Waals surface area contributed by atoms with Crippen LogP contribution in [-0.4, -0.2) is 34.0 Å². The standard InChI is InChI=1S/C16H31NO3/c1-5-6-7-8-9-10-11-14(18)17(16(2,3)4)13-12-15(19)20/h5-13H2,1-4H3,(H,19,20). The zero-order valence-corrected chi connectivity index (χ0v) is 13.6. The van der Waals surface area contributed by atoms with Gasteiger partial charge in [0.2, 0.25) is 5.91 Å². The minimum atomic E-state index is -0.855. The van der Waals surface area contributed by atoms with Crippen LogP contribution in [0.3, 0.4) is 0 Å². The van der Waals surface area contributed by atoms with E-state index in [9.17, 15) is 9.59 Å². The van der Waals surface area contributed by atoms with E-state index in [2.05, 4.69) is 6.92 Å². The summed E-state index contributed by atoms with van der Waals surface area (Å²) in [6.07, 6.45) is 7.46. The van der Waals surface area contributed by atoms with Gasteiger partial charge in [-0.05, 0) is 27.2 Å². The molecule has 0 fully saturated rings. The molecule has 0 atom stereocenters. The molecule has 0 radical (unpaired) electrons. The lowest BCUT2D eigenvalue weighted by Crippen LogP contribution is -2.46. The van der Waals surface area contributed by atoms with Crippen molar-refractivity contribution in [1.29, 1.82) is 0 Å². The van der Waals surface area contributed by atoms with E-state index in [4.69, 9.17) is 5.11 Å². The quantitative estimate of drug-likeness (QED) is 0.620. The summed E-state index contributed by atoms with van der Waals surface area (Å²) in [6.45, 7) is 8.34. The number of nitrogens with zero attached hydrogens (tertiary/aromatic N) is 1. The highest BCUT2D eigenvalue weighted by molar-refractivity contribution is 5.77. The summed E-state index contributed by atoms with van der Waals surface area (Å²) in [5.74, 6) is -0.777. The van der Waals surface area contributed by atoms with Crippen LogP contribution >= 0.6 is 0 Å². The second-order valence-corrected chi connectivity index (χ2v) is 6.38. The van der Waals surface area contributed by atoms with E-state index in [1.165, 1.54) is 25.7 Å². The highest BCUT2D eigenvalue weighted by Crippen LogP contribution is 2.17. The van der Waals surface area contributed by atoms with Crippen molar-refractivity contribution in [3.8, 4) is 0 Å². The molecule has 0 aromatic rings. The van der Waals surface area contributed by atoms with E-state index in [1.54, 1.807) is 4.90 Å². The highest BCUT2D eigenvalue weighted by atomic mass is 16.4. The number of carbonyl (C=O) groups is 2. The number of hydrogen-bond donors (Lipinski definition) is 1. The van der Waals surface area contributed by atoms with Crippen molar-refractivity contribution >= 4 is 11.9 Å². The van der Waals surface area contributed by atoms with Crippen LogP contribution in [0.15, 0.2) is 0 Å².